The zero-order valence-electron chi connectivity index (χ0n) is 10.3. The van der Waals surface area contributed by atoms with E-state index in [0.717, 1.165) is 18.2 Å². The van der Waals surface area contributed by atoms with E-state index < -0.39 is 0 Å². The minimum absolute atomic E-state index is 0.301. The van der Waals surface area contributed by atoms with Gasteiger partial charge in [-0.3, -0.25) is 0 Å². The topological polar surface area (TPSA) is 32.3 Å². The van der Waals surface area contributed by atoms with Crippen LogP contribution in [0.1, 0.15) is 29.9 Å². The number of rotatable bonds is 4. The Hall–Kier alpha value is -1.96. The number of phenolic OH excluding ortho intramolecular Hbond substituents is 1. The van der Waals surface area contributed by atoms with E-state index in [0.29, 0.717) is 5.75 Å². The molecule has 0 atom stereocenters. The lowest BCUT2D eigenvalue weighted by atomic mass is 10.0. The summed E-state index contributed by atoms with van der Waals surface area (Å²) in [5, 5.41) is 12.8. The van der Waals surface area contributed by atoms with Crippen LogP contribution in [-0.2, 0) is 6.54 Å². The Kier molecular flexibility index (Phi) is 2.93. The first kappa shape index (κ1) is 11.1. The lowest BCUT2D eigenvalue weighted by Gasteiger charge is -2.11. The second kappa shape index (κ2) is 4.73. The van der Waals surface area contributed by atoms with Gasteiger partial charge in [-0.1, -0.05) is 30.3 Å². The van der Waals surface area contributed by atoms with Gasteiger partial charge in [-0.15, -0.1) is 0 Å². The normalized spacial score (nSPS) is 14.4. The Labute approximate surface area is 107 Å². The van der Waals surface area contributed by atoms with E-state index in [1.54, 1.807) is 12.1 Å². The molecule has 0 aliphatic heterocycles. The van der Waals surface area contributed by atoms with Gasteiger partial charge in [-0.05, 0) is 42.0 Å². The largest absolute Gasteiger partial charge is 0.508 e. The van der Waals surface area contributed by atoms with E-state index in [9.17, 15) is 5.11 Å². The fourth-order valence-electron chi connectivity index (χ4n) is 2.30. The standard InChI is InChI=1S/C16H17NO/c18-15-6-3-5-14(10-15)17-11-13-4-1-2-7-16(13)12-8-9-12/h1-7,10,12,17-18H,8-9,11H2. The molecule has 2 heteroatoms. The first-order chi connectivity index (χ1) is 8.83. The molecule has 0 bridgehead atoms. The van der Waals surface area contributed by atoms with Crippen LogP contribution in [0.4, 0.5) is 5.69 Å². The molecule has 2 aromatic rings. The van der Waals surface area contributed by atoms with Gasteiger partial charge >= 0.3 is 0 Å². The maximum absolute atomic E-state index is 9.42. The predicted molar refractivity (Wildman–Crippen MR) is 73.9 cm³/mol. The molecule has 0 unspecified atom stereocenters. The third kappa shape index (κ3) is 2.48. The van der Waals surface area contributed by atoms with E-state index in [1.165, 1.54) is 24.0 Å². The van der Waals surface area contributed by atoms with Gasteiger partial charge in [-0.25, -0.2) is 0 Å². The average Bonchev–Trinajstić information content (AvgIpc) is 3.21. The molecule has 1 fully saturated rings. The lowest BCUT2D eigenvalue weighted by molar-refractivity contribution is 0.475. The molecule has 0 saturated heterocycles. The molecule has 0 spiro atoms. The van der Waals surface area contributed by atoms with Crippen molar-refractivity contribution in [3.05, 3.63) is 59.7 Å². The second-order valence-electron chi connectivity index (χ2n) is 4.88. The highest BCUT2D eigenvalue weighted by molar-refractivity contribution is 5.48. The summed E-state index contributed by atoms with van der Waals surface area (Å²) in [5.74, 6) is 1.07. The average molecular weight is 239 g/mol. The predicted octanol–water partition coefficient (Wildman–Crippen LogP) is 3.88. The van der Waals surface area contributed by atoms with Crippen LogP contribution >= 0.6 is 0 Å². The van der Waals surface area contributed by atoms with Crippen LogP contribution in [0.3, 0.4) is 0 Å². The summed E-state index contributed by atoms with van der Waals surface area (Å²) in [5.41, 5.74) is 3.80. The number of anilines is 1. The zero-order chi connectivity index (χ0) is 12.4. The molecule has 3 rings (SSSR count). The molecule has 1 aliphatic rings. The van der Waals surface area contributed by atoms with Gasteiger partial charge in [0.25, 0.3) is 0 Å². The van der Waals surface area contributed by atoms with E-state index >= 15 is 0 Å². The van der Waals surface area contributed by atoms with Gasteiger partial charge in [0.2, 0.25) is 0 Å². The quantitative estimate of drug-likeness (QED) is 0.848. The van der Waals surface area contributed by atoms with Gasteiger partial charge in [0, 0.05) is 18.3 Å². The summed E-state index contributed by atoms with van der Waals surface area (Å²) in [7, 11) is 0. The molecule has 92 valence electrons. The van der Waals surface area contributed by atoms with Crippen molar-refractivity contribution in [1.82, 2.24) is 0 Å². The van der Waals surface area contributed by atoms with Crippen LogP contribution in [0.15, 0.2) is 48.5 Å². The van der Waals surface area contributed by atoms with E-state index in [1.807, 2.05) is 12.1 Å². The van der Waals surface area contributed by atoms with Crippen LogP contribution in [0.2, 0.25) is 0 Å². The Bertz CT molecular complexity index is 546. The van der Waals surface area contributed by atoms with Crippen LogP contribution in [0.5, 0.6) is 5.75 Å². The Morgan fingerprint density at radius 3 is 2.67 bits per heavy atom. The fraction of sp³-hybridized carbons (Fsp3) is 0.250. The maximum Gasteiger partial charge on any atom is 0.117 e. The summed E-state index contributed by atoms with van der Waals surface area (Å²) in [6.45, 7) is 0.816. The zero-order valence-corrected chi connectivity index (χ0v) is 10.3. The molecule has 1 aliphatic carbocycles. The number of aromatic hydroxyl groups is 1. The second-order valence-corrected chi connectivity index (χ2v) is 4.88. The smallest absolute Gasteiger partial charge is 0.117 e. The first-order valence-corrected chi connectivity index (χ1v) is 6.43. The maximum atomic E-state index is 9.42. The minimum atomic E-state index is 0.301. The molecular formula is C16H17NO. The van der Waals surface area contributed by atoms with Gasteiger partial charge in [0.1, 0.15) is 5.75 Å². The Morgan fingerprint density at radius 1 is 1.06 bits per heavy atom. The highest BCUT2D eigenvalue weighted by Crippen LogP contribution is 2.41. The van der Waals surface area contributed by atoms with Crippen molar-refractivity contribution >= 4 is 5.69 Å². The number of benzene rings is 2. The van der Waals surface area contributed by atoms with E-state index in [4.69, 9.17) is 0 Å². The number of hydrogen-bond acceptors (Lipinski definition) is 2. The molecule has 2 nitrogen and oxygen atoms in total. The third-order valence-electron chi connectivity index (χ3n) is 3.40. The van der Waals surface area contributed by atoms with Crippen LogP contribution in [-0.4, -0.2) is 5.11 Å². The summed E-state index contributed by atoms with van der Waals surface area (Å²) in [6.07, 6.45) is 2.65. The fourth-order valence-corrected chi connectivity index (χ4v) is 2.30. The van der Waals surface area contributed by atoms with Gasteiger partial charge in [-0.2, -0.15) is 0 Å². The van der Waals surface area contributed by atoms with Crippen LogP contribution in [0.25, 0.3) is 0 Å². The van der Waals surface area contributed by atoms with Gasteiger partial charge in [0.15, 0.2) is 0 Å². The van der Waals surface area contributed by atoms with Gasteiger partial charge < -0.3 is 10.4 Å². The summed E-state index contributed by atoms with van der Waals surface area (Å²) in [4.78, 5) is 0. The van der Waals surface area contributed by atoms with Crippen molar-refractivity contribution in [2.75, 3.05) is 5.32 Å². The third-order valence-corrected chi connectivity index (χ3v) is 3.40. The van der Waals surface area contributed by atoms with Crippen molar-refractivity contribution in [1.29, 1.82) is 0 Å². The monoisotopic (exact) mass is 239 g/mol. The molecular weight excluding hydrogens is 222 g/mol. The van der Waals surface area contributed by atoms with E-state index in [2.05, 4.69) is 29.6 Å². The van der Waals surface area contributed by atoms with Crippen molar-refractivity contribution in [2.24, 2.45) is 0 Å². The highest BCUT2D eigenvalue weighted by Gasteiger charge is 2.25. The Balaban J connectivity index is 1.73. The van der Waals surface area contributed by atoms with Crippen molar-refractivity contribution in [3.63, 3.8) is 0 Å². The summed E-state index contributed by atoms with van der Waals surface area (Å²) in [6, 6.07) is 15.9. The minimum Gasteiger partial charge on any atom is -0.508 e. The van der Waals surface area contributed by atoms with Crippen molar-refractivity contribution in [3.8, 4) is 5.75 Å². The number of phenols is 1. The molecule has 18 heavy (non-hydrogen) atoms. The van der Waals surface area contributed by atoms with Crippen LogP contribution in [0, 0.1) is 0 Å². The molecule has 2 N–H and O–H groups in total. The lowest BCUT2D eigenvalue weighted by Crippen LogP contribution is -2.02. The van der Waals surface area contributed by atoms with Crippen molar-refractivity contribution in [2.45, 2.75) is 25.3 Å². The van der Waals surface area contributed by atoms with E-state index in [-0.39, 0.29) is 0 Å². The SMILES string of the molecule is Oc1cccc(NCc2ccccc2C2CC2)c1. The molecule has 1 saturated carbocycles. The summed E-state index contributed by atoms with van der Waals surface area (Å²) >= 11 is 0. The van der Waals surface area contributed by atoms with Crippen LogP contribution < -0.4 is 5.32 Å². The molecule has 0 heterocycles. The molecule has 0 aromatic heterocycles. The number of hydrogen-bond donors (Lipinski definition) is 2. The molecule has 0 amide bonds. The Morgan fingerprint density at radius 2 is 1.89 bits per heavy atom. The van der Waals surface area contributed by atoms with Crippen molar-refractivity contribution < 1.29 is 5.11 Å². The van der Waals surface area contributed by atoms with Gasteiger partial charge in [0.05, 0.1) is 0 Å². The first-order valence-electron chi connectivity index (χ1n) is 6.43. The molecule has 0 radical (unpaired) electrons. The highest BCUT2D eigenvalue weighted by atomic mass is 16.3. The number of nitrogens with one attached hydrogen (secondary N) is 1. The molecule has 2 aromatic carbocycles. The summed E-state index contributed by atoms with van der Waals surface area (Å²) < 4.78 is 0.